The zero-order valence-corrected chi connectivity index (χ0v) is 26.7. The molecule has 2 saturated heterocycles. The van der Waals surface area contributed by atoms with Gasteiger partial charge in [0, 0.05) is 30.8 Å². The fourth-order valence-electron chi connectivity index (χ4n) is 4.98. The molecule has 37 heavy (non-hydrogen) atoms. The monoisotopic (exact) mass is 684 g/mol. The van der Waals surface area contributed by atoms with Crippen LogP contribution >= 0.6 is 15.8 Å². The van der Waals surface area contributed by atoms with E-state index in [9.17, 15) is 17.3 Å². The van der Waals surface area contributed by atoms with Crippen LogP contribution in [0.25, 0.3) is 0 Å². The molecule has 3 aliphatic carbocycles. The molecule has 4 atom stereocenters. The summed E-state index contributed by atoms with van der Waals surface area (Å²) in [6.07, 6.45) is 34.7. The first-order chi connectivity index (χ1) is 16.6. The van der Waals surface area contributed by atoms with Crippen molar-refractivity contribution in [2.45, 2.75) is 88.9 Å². The van der Waals surface area contributed by atoms with E-state index < -0.39 is 7.25 Å². The molecule has 0 aromatic carbocycles. The summed E-state index contributed by atoms with van der Waals surface area (Å²) in [5.41, 5.74) is 7.13. The summed E-state index contributed by atoms with van der Waals surface area (Å²) >= 11 is 0. The Morgan fingerprint density at radius 1 is 0.568 bits per heavy atom. The quantitative estimate of drug-likeness (QED) is 0.155. The third kappa shape index (κ3) is 15.6. The maximum Gasteiger partial charge on any atom is 2.00 e. The molecule has 0 bridgehead atoms. The fraction of sp³-hybridized carbons (Fsp3) is 0.500. The SMILES string of the molecule is C[C@@H]1C[C@@H](C)P1[C]1[CH][CH][CH][CH]1.C[C@@H]1C[C@@H](C)P1[C]1[CH][CH][CH][CH]1.F[B-](F)(F)F.[CH]1[CH]CC[CH][CH]CC1.[Fe+2].[Rh]. The standard InChI is InChI=1S/2C10H14P.C8H12.BF4.Fe.Rh/c2*1-8-7-9(2)11(8)10-5-3-4-6-10;1-2-4-6-8-7-5-3-1;2-1(3,4)5;;/h2*3-6,8-9H,7H2,1-2H3;1-2,7-8H,3-6H2;;;/q;;;-1;+2;/t2*8-,9-;;;;/m11..../s1. The Morgan fingerprint density at radius 3 is 0.973 bits per heavy atom. The van der Waals surface area contributed by atoms with Gasteiger partial charge in [-0.3, -0.25) is 0 Å². The van der Waals surface area contributed by atoms with Gasteiger partial charge in [0.05, 0.1) is 0 Å². The average molecular weight is 684 g/mol. The van der Waals surface area contributed by atoms with Crippen molar-refractivity contribution in [3.05, 3.63) is 88.4 Å². The minimum atomic E-state index is -6.00. The van der Waals surface area contributed by atoms with Crippen LogP contribution in [0.2, 0.25) is 0 Å². The summed E-state index contributed by atoms with van der Waals surface area (Å²) in [4.78, 5) is 0. The molecule has 2 aliphatic heterocycles. The molecule has 0 nitrogen and oxygen atoms in total. The second kappa shape index (κ2) is 20.6. The molecule has 3 saturated carbocycles. The van der Waals surface area contributed by atoms with Crippen LogP contribution in [-0.4, -0.2) is 29.9 Å². The van der Waals surface area contributed by atoms with E-state index in [-0.39, 0.29) is 52.4 Å². The first-order valence-corrected chi connectivity index (χ1v) is 15.7. The van der Waals surface area contributed by atoms with E-state index in [2.05, 4.69) is 105 Å². The van der Waals surface area contributed by atoms with Crippen molar-refractivity contribution >= 4 is 23.1 Å². The van der Waals surface area contributed by atoms with Gasteiger partial charge in [0.1, 0.15) is 0 Å². The van der Waals surface area contributed by atoms with Gasteiger partial charge in [-0.05, 0) is 138 Å². The van der Waals surface area contributed by atoms with E-state index in [4.69, 9.17) is 0 Å². The van der Waals surface area contributed by atoms with E-state index in [1.165, 1.54) is 38.5 Å². The molecule has 2 heterocycles. The van der Waals surface area contributed by atoms with E-state index in [0.717, 1.165) is 22.6 Å². The smallest absolute Gasteiger partial charge is 0.418 e. The largest absolute Gasteiger partial charge is 2.00 e. The molecule has 5 rings (SSSR count). The van der Waals surface area contributed by atoms with Gasteiger partial charge in [0.2, 0.25) is 0 Å². The van der Waals surface area contributed by atoms with Gasteiger partial charge >= 0.3 is 24.3 Å². The van der Waals surface area contributed by atoms with Crippen LogP contribution in [-0.2, 0) is 36.5 Å². The van der Waals surface area contributed by atoms with Gasteiger partial charge < -0.3 is 17.3 Å². The Hall–Kier alpha value is 1.79. The van der Waals surface area contributed by atoms with Crippen molar-refractivity contribution in [1.82, 2.24) is 0 Å². The molecule has 5 fully saturated rings. The summed E-state index contributed by atoms with van der Waals surface area (Å²) in [6, 6.07) is 0. The van der Waals surface area contributed by atoms with Gasteiger partial charge in [0.25, 0.3) is 0 Å². The maximum absolute atomic E-state index is 9.75. The van der Waals surface area contributed by atoms with Crippen LogP contribution in [0.4, 0.5) is 17.3 Å². The Bertz CT molecular complexity index is 483. The first-order valence-electron chi connectivity index (χ1n) is 12.7. The van der Waals surface area contributed by atoms with E-state index >= 15 is 0 Å². The van der Waals surface area contributed by atoms with Crippen LogP contribution in [0.5, 0.6) is 0 Å². The van der Waals surface area contributed by atoms with Crippen molar-refractivity contribution in [2.75, 3.05) is 0 Å². The summed E-state index contributed by atoms with van der Waals surface area (Å²) in [7, 11) is -5.56. The van der Waals surface area contributed by atoms with Crippen LogP contribution in [0.3, 0.4) is 0 Å². The van der Waals surface area contributed by atoms with Crippen molar-refractivity contribution in [3.8, 4) is 0 Å². The van der Waals surface area contributed by atoms with Crippen molar-refractivity contribution in [3.63, 3.8) is 0 Å². The van der Waals surface area contributed by atoms with Crippen LogP contribution < -0.4 is 0 Å². The first kappa shape index (κ1) is 38.8. The summed E-state index contributed by atoms with van der Waals surface area (Å²) in [5, 5.41) is 0. The average Bonchev–Trinajstić information content (AvgIpc) is 3.42. The molecular weight excluding hydrogens is 644 g/mol. The Kier molecular flexibility index (Phi) is 21.6. The van der Waals surface area contributed by atoms with Crippen molar-refractivity contribution < 1.29 is 53.8 Å². The molecule has 209 valence electrons. The molecule has 0 N–H and O–H groups in total. The van der Waals surface area contributed by atoms with Crippen LogP contribution in [0.15, 0.2) is 0 Å². The van der Waals surface area contributed by atoms with Gasteiger partial charge in [-0.2, -0.15) is 0 Å². The normalized spacial score (nSPS) is 31.1. The predicted molar refractivity (Wildman–Crippen MR) is 148 cm³/mol. The van der Waals surface area contributed by atoms with E-state index in [0.29, 0.717) is 0 Å². The number of rotatable bonds is 2. The van der Waals surface area contributed by atoms with Crippen molar-refractivity contribution in [2.24, 2.45) is 0 Å². The third-order valence-electron chi connectivity index (χ3n) is 6.48. The van der Waals surface area contributed by atoms with Gasteiger partial charge in [-0.1, -0.05) is 43.5 Å². The second-order valence-corrected chi connectivity index (χ2v) is 15.7. The number of hydrogen-bond donors (Lipinski definition) is 0. The minimum Gasteiger partial charge on any atom is -0.418 e. The van der Waals surface area contributed by atoms with Gasteiger partial charge in [0.15, 0.2) is 0 Å². The molecule has 5 aliphatic rings. The zero-order chi connectivity index (χ0) is 25.8. The van der Waals surface area contributed by atoms with Crippen LogP contribution in [0, 0.1) is 88.4 Å². The summed E-state index contributed by atoms with van der Waals surface area (Å²) in [5.74, 6) is 0. The molecule has 0 aromatic rings. The van der Waals surface area contributed by atoms with Gasteiger partial charge in [-0.25, -0.2) is 0 Å². The Morgan fingerprint density at radius 2 is 0.784 bits per heavy atom. The predicted octanol–water partition coefficient (Wildman–Crippen LogP) is 9.70. The van der Waals surface area contributed by atoms with E-state index in [1.54, 1.807) is 11.3 Å². The fourth-order valence-corrected chi connectivity index (χ4v) is 11.2. The maximum atomic E-state index is 9.75. The summed E-state index contributed by atoms with van der Waals surface area (Å²) < 4.78 is 39.0. The summed E-state index contributed by atoms with van der Waals surface area (Å²) in [6.45, 7) is 9.55. The van der Waals surface area contributed by atoms with Crippen molar-refractivity contribution in [1.29, 1.82) is 0 Å². The minimum absolute atomic E-state index is 0. The topological polar surface area (TPSA) is 0 Å². The van der Waals surface area contributed by atoms with Gasteiger partial charge in [-0.15, -0.1) is 0 Å². The molecule has 15 radical (unpaired) electrons. The second-order valence-electron chi connectivity index (χ2n) is 9.56. The Labute approximate surface area is 253 Å². The number of hydrogen-bond acceptors (Lipinski definition) is 0. The number of halogens is 4. The van der Waals surface area contributed by atoms with E-state index in [1.807, 2.05) is 0 Å². The Balaban J connectivity index is 0.000000477. The third-order valence-corrected chi connectivity index (χ3v) is 12.9. The molecule has 0 amide bonds. The molecule has 9 heteroatoms. The molecule has 0 spiro atoms. The molecule has 0 aromatic heterocycles. The zero-order valence-electron chi connectivity index (χ0n) is 22.2. The molecular formula is C28H40BF4FeP2Rh+. The van der Waals surface area contributed by atoms with Crippen LogP contribution in [0.1, 0.15) is 66.2 Å². The molecule has 0 unspecified atom stereocenters.